The molecule has 6 heteroatoms. The maximum absolute atomic E-state index is 13.4. The highest BCUT2D eigenvalue weighted by atomic mass is 19.1. The number of hydrogen-bond acceptors (Lipinski definition) is 4. The molecule has 5 nitrogen and oxygen atoms in total. The number of ether oxygens (including phenoxy) is 1. The van der Waals surface area contributed by atoms with Gasteiger partial charge < -0.3 is 10.1 Å². The van der Waals surface area contributed by atoms with E-state index in [2.05, 4.69) is 10.2 Å². The molecule has 2 aliphatic rings. The van der Waals surface area contributed by atoms with E-state index in [1.807, 2.05) is 0 Å². The van der Waals surface area contributed by atoms with Gasteiger partial charge in [0.2, 0.25) is 5.91 Å². The third-order valence-electron chi connectivity index (χ3n) is 4.67. The van der Waals surface area contributed by atoms with Crippen LogP contribution in [0.2, 0.25) is 0 Å². The van der Waals surface area contributed by atoms with Gasteiger partial charge >= 0.3 is 5.97 Å². The number of carbonyl (C=O) groups is 2. The number of benzene rings is 1. The van der Waals surface area contributed by atoms with Gasteiger partial charge in [-0.2, -0.15) is 0 Å². The summed E-state index contributed by atoms with van der Waals surface area (Å²) in [5.74, 6) is -0.875. The van der Waals surface area contributed by atoms with Crippen molar-refractivity contribution in [3.63, 3.8) is 0 Å². The van der Waals surface area contributed by atoms with Crippen molar-refractivity contribution < 1.29 is 18.7 Å². The summed E-state index contributed by atoms with van der Waals surface area (Å²) in [7, 11) is 1.29. The van der Waals surface area contributed by atoms with Crippen LogP contribution in [-0.2, 0) is 16.1 Å². The van der Waals surface area contributed by atoms with Crippen LogP contribution in [0.5, 0.6) is 0 Å². The van der Waals surface area contributed by atoms with Gasteiger partial charge in [-0.1, -0.05) is 6.07 Å². The third kappa shape index (κ3) is 4.12. The lowest BCUT2D eigenvalue weighted by Crippen LogP contribution is -2.43. The number of piperidine rings is 1. The fraction of sp³-hybridized carbons (Fsp3) is 0.556. The summed E-state index contributed by atoms with van der Waals surface area (Å²) in [6.07, 6.45) is 4.00. The second kappa shape index (κ2) is 7.30. The Morgan fingerprint density at radius 2 is 2.12 bits per heavy atom. The molecule has 1 aliphatic heterocycles. The van der Waals surface area contributed by atoms with Gasteiger partial charge in [-0.3, -0.25) is 9.69 Å². The number of halogens is 1. The fourth-order valence-electron chi connectivity index (χ4n) is 3.19. The van der Waals surface area contributed by atoms with Crippen LogP contribution in [0.4, 0.5) is 4.39 Å². The monoisotopic (exact) mass is 334 g/mol. The van der Waals surface area contributed by atoms with Crippen molar-refractivity contribution in [1.29, 1.82) is 0 Å². The molecule has 1 saturated heterocycles. The van der Waals surface area contributed by atoms with Crippen LogP contribution in [0.25, 0.3) is 0 Å². The van der Waals surface area contributed by atoms with E-state index >= 15 is 0 Å². The quantitative estimate of drug-likeness (QED) is 0.838. The molecule has 1 saturated carbocycles. The molecular weight excluding hydrogens is 311 g/mol. The van der Waals surface area contributed by atoms with Gasteiger partial charge in [-0.25, -0.2) is 9.18 Å². The molecule has 3 rings (SSSR count). The Bertz CT molecular complexity index is 631. The van der Waals surface area contributed by atoms with Gasteiger partial charge in [0.15, 0.2) is 0 Å². The van der Waals surface area contributed by atoms with E-state index in [-0.39, 0.29) is 17.4 Å². The van der Waals surface area contributed by atoms with Crippen molar-refractivity contribution in [3.8, 4) is 0 Å². The summed E-state index contributed by atoms with van der Waals surface area (Å²) < 4.78 is 18.2. The molecule has 0 unspecified atom stereocenters. The van der Waals surface area contributed by atoms with Crippen LogP contribution >= 0.6 is 0 Å². The Morgan fingerprint density at radius 1 is 1.33 bits per heavy atom. The second-order valence-electron chi connectivity index (χ2n) is 6.65. The van der Waals surface area contributed by atoms with Crippen molar-refractivity contribution >= 4 is 11.9 Å². The van der Waals surface area contributed by atoms with E-state index in [4.69, 9.17) is 4.74 Å². The first-order chi connectivity index (χ1) is 11.6. The first-order valence-electron chi connectivity index (χ1n) is 8.46. The summed E-state index contributed by atoms with van der Waals surface area (Å²) in [6.45, 7) is 2.04. The molecule has 1 N–H and O–H groups in total. The van der Waals surface area contributed by atoms with Crippen molar-refractivity contribution in [1.82, 2.24) is 10.2 Å². The number of hydrogen-bond donors (Lipinski definition) is 1. The highest BCUT2D eigenvalue weighted by Crippen LogP contribution is 2.24. The van der Waals surface area contributed by atoms with E-state index < -0.39 is 11.8 Å². The second-order valence-corrected chi connectivity index (χ2v) is 6.65. The number of methoxy groups -OCH3 is 1. The van der Waals surface area contributed by atoms with E-state index in [9.17, 15) is 14.0 Å². The molecule has 1 aliphatic carbocycles. The fourth-order valence-corrected chi connectivity index (χ4v) is 3.19. The lowest BCUT2D eigenvalue weighted by molar-refractivity contribution is -0.126. The number of esters is 1. The first kappa shape index (κ1) is 16.9. The normalized spacial score (nSPS) is 21.3. The molecule has 1 aromatic carbocycles. The SMILES string of the molecule is COC(=O)c1cc(F)ccc1CN1CCC[C@@H](C(=O)NC2CC2)C1. The number of nitrogens with one attached hydrogen (secondary N) is 1. The number of rotatable bonds is 5. The van der Waals surface area contributed by atoms with Crippen LogP contribution in [-0.4, -0.2) is 43.0 Å². The van der Waals surface area contributed by atoms with Gasteiger partial charge in [0.1, 0.15) is 5.82 Å². The van der Waals surface area contributed by atoms with Gasteiger partial charge in [-0.05, 0) is 49.9 Å². The van der Waals surface area contributed by atoms with E-state index in [0.717, 1.165) is 37.8 Å². The predicted octanol–water partition coefficient (Wildman–Crippen LogP) is 2.10. The van der Waals surface area contributed by atoms with Crippen LogP contribution in [0.3, 0.4) is 0 Å². The zero-order chi connectivity index (χ0) is 17.1. The molecule has 0 aromatic heterocycles. The van der Waals surface area contributed by atoms with E-state index in [1.165, 1.54) is 19.2 Å². The molecule has 0 radical (unpaired) electrons. The number of carbonyl (C=O) groups excluding carboxylic acids is 2. The predicted molar refractivity (Wildman–Crippen MR) is 86.9 cm³/mol. The molecule has 24 heavy (non-hydrogen) atoms. The van der Waals surface area contributed by atoms with E-state index in [1.54, 1.807) is 6.07 Å². The van der Waals surface area contributed by atoms with Gasteiger partial charge in [0.25, 0.3) is 0 Å². The molecule has 0 spiro atoms. The standard InChI is InChI=1S/C18H23FN2O3/c1-24-18(23)16-9-14(19)5-4-12(16)10-21-8-2-3-13(11-21)17(22)20-15-6-7-15/h4-5,9,13,15H,2-3,6-8,10-11H2,1H3,(H,20,22)/t13-/m1/s1. The van der Waals surface area contributed by atoms with Crippen molar-refractivity contribution in [2.45, 2.75) is 38.3 Å². The average molecular weight is 334 g/mol. The van der Waals surface area contributed by atoms with Crippen molar-refractivity contribution in [2.24, 2.45) is 5.92 Å². The number of amides is 1. The molecule has 1 heterocycles. The Labute approximate surface area is 141 Å². The minimum atomic E-state index is -0.537. The van der Waals surface area contributed by atoms with Crippen molar-refractivity contribution in [3.05, 3.63) is 35.1 Å². The Hall–Kier alpha value is -1.95. The summed E-state index contributed by atoms with van der Waals surface area (Å²) >= 11 is 0. The number of nitrogens with zero attached hydrogens (tertiary/aromatic N) is 1. The maximum Gasteiger partial charge on any atom is 0.338 e. The van der Waals surface area contributed by atoms with Gasteiger partial charge in [-0.15, -0.1) is 0 Å². The third-order valence-corrected chi connectivity index (χ3v) is 4.67. The largest absolute Gasteiger partial charge is 0.465 e. The Kier molecular flexibility index (Phi) is 5.14. The number of likely N-dealkylation sites (tertiary alicyclic amines) is 1. The van der Waals surface area contributed by atoms with Gasteiger partial charge in [0, 0.05) is 19.1 Å². The topological polar surface area (TPSA) is 58.6 Å². The Morgan fingerprint density at radius 3 is 2.83 bits per heavy atom. The molecule has 2 fully saturated rings. The summed E-state index contributed by atoms with van der Waals surface area (Å²) in [4.78, 5) is 26.3. The maximum atomic E-state index is 13.4. The van der Waals surface area contributed by atoms with E-state index in [0.29, 0.717) is 19.1 Å². The zero-order valence-electron chi connectivity index (χ0n) is 13.9. The van der Waals surface area contributed by atoms with Crippen LogP contribution in [0.15, 0.2) is 18.2 Å². The van der Waals surface area contributed by atoms with Crippen LogP contribution in [0, 0.1) is 11.7 Å². The lowest BCUT2D eigenvalue weighted by Gasteiger charge is -2.32. The van der Waals surface area contributed by atoms with Crippen molar-refractivity contribution in [2.75, 3.05) is 20.2 Å². The molecule has 1 amide bonds. The first-order valence-corrected chi connectivity index (χ1v) is 8.46. The molecule has 0 bridgehead atoms. The minimum Gasteiger partial charge on any atom is -0.465 e. The molecular formula is C18H23FN2O3. The van der Waals surface area contributed by atoms with Crippen LogP contribution < -0.4 is 5.32 Å². The summed E-state index contributed by atoms with van der Waals surface area (Å²) in [6, 6.07) is 4.55. The Balaban J connectivity index is 1.66. The van der Waals surface area contributed by atoms with Gasteiger partial charge in [0.05, 0.1) is 18.6 Å². The minimum absolute atomic E-state index is 0.0126. The summed E-state index contributed by atoms with van der Waals surface area (Å²) in [5.41, 5.74) is 0.980. The van der Waals surface area contributed by atoms with Crippen LogP contribution in [0.1, 0.15) is 41.6 Å². The molecule has 1 aromatic rings. The zero-order valence-corrected chi connectivity index (χ0v) is 13.9. The molecule has 130 valence electrons. The average Bonchev–Trinajstić information content (AvgIpc) is 3.40. The highest BCUT2D eigenvalue weighted by molar-refractivity contribution is 5.91. The smallest absolute Gasteiger partial charge is 0.338 e. The highest BCUT2D eigenvalue weighted by Gasteiger charge is 2.30. The summed E-state index contributed by atoms with van der Waals surface area (Å²) in [5, 5.41) is 3.06. The lowest BCUT2D eigenvalue weighted by atomic mass is 9.96. The molecule has 1 atom stereocenters.